The zero-order valence-electron chi connectivity index (χ0n) is 26.8. The van der Waals surface area contributed by atoms with E-state index in [0.717, 1.165) is 8.95 Å². The van der Waals surface area contributed by atoms with E-state index in [0.29, 0.717) is 42.6 Å². The quantitative estimate of drug-likeness (QED) is 0.0823. The number of esters is 2. The van der Waals surface area contributed by atoms with Gasteiger partial charge in [0.2, 0.25) is 16.6 Å². The minimum absolute atomic E-state index is 0.0766. The number of halogens is 4. The van der Waals surface area contributed by atoms with Crippen LogP contribution in [0.3, 0.4) is 0 Å². The molecule has 0 fully saturated rings. The van der Waals surface area contributed by atoms with E-state index >= 15 is 0 Å². The van der Waals surface area contributed by atoms with Crippen LogP contribution in [0.15, 0.2) is 101 Å². The SMILES string of the molecule is C[Si](C)(COC(=O)c1ccc(N=Cc2cc(Br)cc(Br)c2O)cc1)O[Si](C)(C)COC(=O)c1ccc(N=Cc2cc(Br)cc(Br)c2O)cc1. The Morgan fingerprint density at radius 1 is 0.633 bits per heavy atom. The van der Waals surface area contributed by atoms with Crippen LogP contribution in [0.5, 0.6) is 11.5 Å². The van der Waals surface area contributed by atoms with E-state index in [4.69, 9.17) is 13.6 Å². The summed E-state index contributed by atoms with van der Waals surface area (Å²) >= 11 is 13.4. The number of phenolic OH excluding ortho intramolecular Hbond substituents is 2. The first-order valence-corrected chi connectivity index (χ1v) is 24.1. The molecule has 0 spiro atoms. The largest absolute Gasteiger partial charge is 0.506 e. The van der Waals surface area contributed by atoms with Gasteiger partial charge in [-0.25, -0.2) is 9.59 Å². The fraction of sp³-hybridized carbons (Fsp3) is 0.176. The number of hydrogen-bond acceptors (Lipinski definition) is 9. The van der Waals surface area contributed by atoms with E-state index in [2.05, 4.69) is 73.7 Å². The third kappa shape index (κ3) is 11.6. The van der Waals surface area contributed by atoms with E-state index in [1.54, 1.807) is 72.8 Å². The number of hydrogen-bond donors (Lipinski definition) is 2. The van der Waals surface area contributed by atoms with Crippen molar-refractivity contribution in [3.05, 3.63) is 113 Å². The molecule has 0 aliphatic rings. The summed E-state index contributed by atoms with van der Waals surface area (Å²) < 4.78 is 20.4. The fourth-order valence-electron chi connectivity index (χ4n) is 4.48. The molecule has 0 heterocycles. The Kier molecular flexibility index (Phi) is 13.4. The summed E-state index contributed by atoms with van der Waals surface area (Å²) in [6.45, 7) is 7.82. The number of nitrogens with zero attached hydrogens (tertiary/aromatic N) is 2. The molecule has 0 saturated heterocycles. The highest BCUT2D eigenvalue weighted by molar-refractivity contribution is 9.11. The minimum Gasteiger partial charge on any atom is -0.506 e. The lowest BCUT2D eigenvalue weighted by molar-refractivity contribution is 0.0549. The Morgan fingerprint density at radius 3 is 1.33 bits per heavy atom. The molecule has 49 heavy (non-hydrogen) atoms. The molecule has 0 amide bonds. The maximum atomic E-state index is 12.8. The molecule has 0 bridgehead atoms. The second-order valence-electron chi connectivity index (χ2n) is 12.0. The van der Waals surface area contributed by atoms with Crippen LogP contribution in [0.2, 0.25) is 26.2 Å². The van der Waals surface area contributed by atoms with E-state index < -0.39 is 28.6 Å². The predicted molar refractivity (Wildman–Crippen MR) is 211 cm³/mol. The Morgan fingerprint density at radius 2 is 0.980 bits per heavy atom. The molecule has 0 saturated carbocycles. The number of phenols is 2. The number of benzene rings is 4. The van der Waals surface area contributed by atoms with Gasteiger partial charge in [0, 0.05) is 32.5 Å². The molecule has 2 N–H and O–H groups in total. The van der Waals surface area contributed by atoms with Gasteiger partial charge in [-0.3, -0.25) is 9.98 Å². The van der Waals surface area contributed by atoms with Gasteiger partial charge in [0.1, 0.15) is 24.0 Å². The first kappa shape index (κ1) is 38.9. The van der Waals surface area contributed by atoms with Gasteiger partial charge >= 0.3 is 11.9 Å². The van der Waals surface area contributed by atoms with Crippen LogP contribution in [-0.4, -0.2) is 63.7 Å². The summed E-state index contributed by atoms with van der Waals surface area (Å²) in [6, 6.07) is 20.2. The average Bonchev–Trinajstić information content (AvgIpc) is 3.04. The zero-order chi connectivity index (χ0) is 35.9. The van der Waals surface area contributed by atoms with Crippen LogP contribution in [0, 0.1) is 0 Å². The fourth-order valence-corrected chi connectivity index (χ4v) is 14.4. The molecule has 256 valence electrons. The van der Waals surface area contributed by atoms with Crippen molar-refractivity contribution in [1.82, 2.24) is 0 Å². The lowest BCUT2D eigenvalue weighted by Gasteiger charge is -2.33. The Balaban J connectivity index is 1.26. The topological polar surface area (TPSA) is 127 Å². The molecule has 0 aliphatic carbocycles. The van der Waals surface area contributed by atoms with E-state index in [-0.39, 0.29) is 24.0 Å². The molecular weight excluding hydrogens is 924 g/mol. The summed E-state index contributed by atoms with van der Waals surface area (Å²) in [5, 5.41) is 20.5. The average molecular weight is 956 g/mol. The number of aliphatic imine (C=N–C) groups is 2. The highest BCUT2D eigenvalue weighted by Gasteiger charge is 2.36. The van der Waals surface area contributed by atoms with E-state index in [1.165, 1.54) is 12.4 Å². The van der Waals surface area contributed by atoms with Gasteiger partial charge in [0.05, 0.1) is 31.4 Å². The molecular formula is C34H32Br4N2O7Si2. The van der Waals surface area contributed by atoms with Crippen LogP contribution in [0.25, 0.3) is 0 Å². The van der Waals surface area contributed by atoms with Gasteiger partial charge in [0.15, 0.2) is 0 Å². The van der Waals surface area contributed by atoms with Gasteiger partial charge in [0.25, 0.3) is 0 Å². The van der Waals surface area contributed by atoms with Crippen molar-refractivity contribution in [1.29, 1.82) is 0 Å². The lowest BCUT2D eigenvalue weighted by Crippen LogP contribution is -2.51. The second kappa shape index (κ2) is 16.9. The summed E-state index contributed by atoms with van der Waals surface area (Å²) in [5.74, 6) is -0.804. The molecule has 9 nitrogen and oxygen atoms in total. The maximum Gasteiger partial charge on any atom is 0.337 e. The lowest BCUT2D eigenvalue weighted by atomic mass is 10.2. The molecule has 15 heteroatoms. The van der Waals surface area contributed by atoms with Gasteiger partial charge in [-0.05, 0) is 131 Å². The van der Waals surface area contributed by atoms with Crippen LogP contribution in [0.1, 0.15) is 31.8 Å². The van der Waals surface area contributed by atoms with Crippen LogP contribution < -0.4 is 0 Å². The number of ether oxygens (including phenoxy) is 2. The molecule has 4 aromatic carbocycles. The molecule has 0 radical (unpaired) electrons. The molecule has 0 atom stereocenters. The smallest absolute Gasteiger partial charge is 0.337 e. The van der Waals surface area contributed by atoms with Crippen LogP contribution in [0.4, 0.5) is 11.4 Å². The van der Waals surface area contributed by atoms with Gasteiger partial charge in [-0.1, -0.05) is 31.9 Å². The van der Waals surface area contributed by atoms with Crippen molar-refractivity contribution in [2.24, 2.45) is 9.98 Å². The molecule has 4 aromatic rings. The molecule has 0 unspecified atom stereocenters. The Bertz CT molecular complexity index is 1770. The van der Waals surface area contributed by atoms with Gasteiger partial charge < -0.3 is 23.8 Å². The first-order chi connectivity index (χ1) is 23.0. The number of carbonyl (C=O) groups is 2. The molecule has 0 aliphatic heterocycles. The Hall–Kier alpha value is -2.93. The van der Waals surface area contributed by atoms with Crippen LogP contribution in [-0.2, 0) is 13.6 Å². The molecule has 0 aromatic heterocycles. The van der Waals surface area contributed by atoms with Crippen molar-refractivity contribution in [2.75, 3.05) is 12.5 Å². The second-order valence-corrected chi connectivity index (χ2v) is 24.0. The zero-order valence-corrected chi connectivity index (χ0v) is 35.2. The van der Waals surface area contributed by atoms with Crippen molar-refractivity contribution in [3.8, 4) is 11.5 Å². The normalized spacial score (nSPS) is 12.1. The monoisotopic (exact) mass is 952 g/mol. The summed E-state index contributed by atoms with van der Waals surface area (Å²) in [6.07, 6.45) is 3.34. The summed E-state index contributed by atoms with van der Waals surface area (Å²) in [4.78, 5) is 34.4. The number of aromatic hydroxyl groups is 2. The highest BCUT2D eigenvalue weighted by atomic mass is 79.9. The van der Waals surface area contributed by atoms with Gasteiger partial charge in [-0.2, -0.15) is 0 Å². The van der Waals surface area contributed by atoms with Gasteiger partial charge in [-0.15, -0.1) is 0 Å². The van der Waals surface area contributed by atoms with E-state index in [1.807, 2.05) is 26.2 Å². The van der Waals surface area contributed by atoms with Crippen molar-refractivity contribution in [3.63, 3.8) is 0 Å². The van der Waals surface area contributed by atoms with Crippen molar-refractivity contribution < 1.29 is 33.4 Å². The summed E-state index contributed by atoms with van der Waals surface area (Å²) in [7, 11) is -4.97. The minimum atomic E-state index is -2.48. The Labute approximate surface area is 320 Å². The van der Waals surface area contributed by atoms with Crippen molar-refractivity contribution in [2.45, 2.75) is 26.2 Å². The maximum absolute atomic E-state index is 12.8. The number of rotatable bonds is 12. The van der Waals surface area contributed by atoms with Crippen LogP contribution >= 0.6 is 63.7 Å². The van der Waals surface area contributed by atoms with E-state index in [9.17, 15) is 19.8 Å². The summed E-state index contributed by atoms with van der Waals surface area (Å²) in [5.41, 5.74) is 3.01. The third-order valence-electron chi connectivity index (χ3n) is 6.68. The predicted octanol–water partition coefficient (Wildman–Crippen LogP) is 10.2. The first-order valence-electron chi connectivity index (χ1n) is 14.7. The van der Waals surface area contributed by atoms with Crippen molar-refractivity contribution >= 4 is 116 Å². The standard InChI is InChI=1S/C34H32Br4N2O7Si2/c1-48(2,19-45-33(43)21-5-9-27(10-6-21)39-17-23-13-25(35)15-29(37)31(23)41)47-49(3,4)20-46-34(44)22-7-11-28(12-8-22)40-18-24-14-26(36)16-30(38)32(24)42/h5-18,41-42H,19-20H2,1-4H3. The highest BCUT2D eigenvalue weighted by Crippen LogP contribution is 2.32. The molecule has 4 rings (SSSR count). The number of carbonyl (C=O) groups excluding carboxylic acids is 2. The third-order valence-corrected chi connectivity index (χ3v) is 14.9.